The molecule has 0 saturated carbocycles. The van der Waals surface area contributed by atoms with Crippen LogP contribution >= 0.6 is 0 Å². The predicted octanol–water partition coefficient (Wildman–Crippen LogP) is 3.29. The maximum atomic E-state index is 12.5. The van der Waals surface area contributed by atoms with Crippen molar-refractivity contribution in [1.29, 1.82) is 0 Å². The van der Waals surface area contributed by atoms with Crippen LogP contribution in [-0.4, -0.2) is 40.6 Å². The molecule has 2 N–H and O–H groups in total. The van der Waals surface area contributed by atoms with Crippen LogP contribution in [0.5, 0.6) is 0 Å². The molecule has 1 aliphatic heterocycles. The molecule has 0 spiro atoms. The van der Waals surface area contributed by atoms with Gasteiger partial charge >= 0.3 is 0 Å². The number of rotatable bonds is 5. The fraction of sp³-hybridized carbons (Fsp3) is 0.632. The maximum Gasteiger partial charge on any atom is 0.238 e. The number of nitrogens with one attached hydrogen (secondary N) is 1. The zero-order chi connectivity index (χ0) is 17.2. The second-order valence-electron chi connectivity index (χ2n) is 7.52. The average molecular weight is 318 g/mol. The van der Waals surface area contributed by atoms with Gasteiger partial charge in [-0.1, -0.05) is 32.0 Å². The van der Waals surface area contributed by atoms with Crippen molar-refractivity contribution >= 4 is 11.6 Å². The molecule has 1 aromatic carbocycles. The third kappa shape index (κ3) is 4.33. The molecule has 4 nitrogen and oxygen atoms in total. The molecule has 0 aliphatic carbocycles. The number of benzene rings is 1. The van der Waals surface area contributed by atoms with Crippen LogP contribution in [-0.2, 0) is 4.79 Å². The highest BCUT2D eigenvalue weighted by molar-refractivity contribution is 5.94. The topological polar surface area (TPSA) is 52.6 Å². The minimum Gasteiger partial charge on any atom is -0.389 e. The normalized spacial score (nSPS) is 19.3. The summed E-state index contributed by atoms with van der Waals surface area (Å²) in [6.45, 7) is 11.1. The Labute approximate surface area is 139 Å². The van der Waals surface area contributed by atoms with E-state index in [0.29, 0.717) is 12.5 Å². The average Bonchev–Trinajstić information content (AvgIpc) is 2.88. The maximum absolute atomic E-state index is 12.5. The van der Waals surface area contributed by atoms with Gasteiger partial charge in [-0.25, -0.2) is 0 Å². The van der Waals surface area contributed by atoms with Crippen LogP contribution in [0.15, 0.2) is 18.2 Å². The molecule has 23 heavy (non-hydrogen) atoms. The SMILES string of the molecule is Cc1cccc(C(C)C)c1NC(=O)CN1CCCC1C(C)(C)O. The molecule has 0 bridgehead atoms. The fourth-order valence-electron chi connectivity index (χ4n) is 3.52. The van der Waals surface area contributed by atoms with Crippen molar-refractivity contribution in [3.63, 3.8) is 0 Å². The van der Waals surface area contributed by atoms with E-state index >= 15 is 0 Å². The lowest BCUT2D eigenvalue weighted by Crippen LogP contribution is -2.48. The number of hydrogen-bond donors (Lipinski definition) is 2. The highest BCUT2D eigenvalue weighted by Gasteiger charge is 2.36. The second kappa shape index (κ2) is 7.02. The van der Waals surface area contributed by atoms with Crippen molar-refractivity contribution in [3.8, 4) is 0 Å². The van der Waals surface area contributed by atoms with Gasteiger partial charge in [0.25, 0.3) is 0 Å². The van der Waals surface area contributed by atoms with Crippen LogP contribution in [0.25, 0.3) is 0 Å². The highest BCUT2D eigenvalue weighted by Crippen LogP contribution is 2.29. The minimum absolute atomic E-state index is 0.00245. The van der Waals surface area contributed by atoms with Crippen molar-refractivity contribution < 1.29 is 9.90 Å². The van der Waals surface area contributed by atoms with Gasteiger partial charge in [-0.05, 0) is 57.2 Å². The van der Waals surface area contributed by atoms with Gasteiger partial charge in [0.05, 0.1) is 12.1 Å². The van der Waals surface area contributed by atoms with E-state index in [9.17, 15) is 9.90 Å². The number of hydrogen-bond acceptors (Lipinski definition) is 3. The summed E-state index contributed by atoms with van der Waals surface area (Å²) in [5.74, 6) is 0.360. The van der Waals surface area contributed by atoms with Crippen LogP contribution in [0, 0.1) is 6.92 Å². The molecule has 0 aromatic heterocycles. The molecule has 1 saturated heterocycles. The first-order valence-corrected chi connectivity index (χ1v) is 8.56. The Bertz CT molecular complexity index is 561. The fourth-order valence-corrected chi connectivity index (χ4v) is 3.52. The van der Waals surface area contributed by atoms with Gasteiger partial charge in [0.15, 0.2) is 0 Å². The summed E-state index contributed by atoms with van der Waals surface area (Å²) in [6, 6.07) is 6.18. The van der Waals surface area contributed by atoms with E-state index in [2.05, 4.69) is 30.1 Å². The zero-order valence-electron chi connectivity index (χ0n) is 15.0. The number of aryl methyl sites for hydroxylation is 1. The quantitative estimate of drug-likeness (QED) is 0.876. The summed E-state index contributed by atoms with van der Waals surface area (Å²) in [5, 5.41) is 13.4. The summed E-state index contributed by atoms with van der Waals surface area (Å²) in [7, 11) is 0. The number of nitrogens with zero attached hydrogens (tertiary/aromatic N) is 1. The Morgan fingerprint density at radius 2 is 2.13 bits per heavy atom. The van der Waals surface area contributed by atoms with Crippen LogP contribution in [0.2, 0.25) is 0 Å². The van der Waals surface area contributed by atoms with E-state index in [1.165, 1.54) is 5.56 Å². The van der Waals surface area contributed by atoms with E-state index in [0.717, 1.165) is 30.6 Å². The molecule has 1 aliphatic rings. The molecular weight excluding hydrogens is 288 g/mol. The van der Waals surface area contributed by atoms with Crippen LogP contribution < -0.4 is 5.32 Å². The minimum atomic E-state index is -0.775. The first-order valence-electron chi connectivity index (χ1n) is 8.56. The molecule has 1 unspecified atom stereocenters. The first-order chi connectivity index (χ1) is 10.7. The van der Waals surface area contributed by atoms with Gasteiger partial charge in [-0.2, -0.15) is 0 Å². The van der Waals surface area contributed by atoms with Crippen LogP contribution in [0.3, 0.4) is 0 Å². The van der Waals surface area contributed by atoms with Gasteiger partial charge < -0.3 is 10.4 Å². The van der Waals surface area contributed by atoms with E-state index in [4.69, 9.17) is 0 Å². The van der Waals surface area contributed by atoms with Crippen molar-refractivity contribution in [3.05, 3.63) is 29.3 Å². The molecule has 1 atom stereocenters. The van der Waals surface area contributed by atoms with Crippen LogP contribution in [0.1, 0.15) is 57.6 Å². The number of aliphatic hydroxyl groups is 1. The third-order valence-electron chi connectivity index (χ3n) is 4.72. The van der Waals surface area contributed by atoms with E-state index in [-0.39, 0.29) is 11.9 Å². The standard InChI is InChI=1S/C19H30N2O2/c1-13(2)15-9-6-8-14(3)18(15)20-17(22)12-21-11-7-10-16(21)19(4,5)23/h6,8-9,13,16,23H,7,10-12H2,1-5H3,(H,20,22). The summed E-state index contributed by atoms with van der Waals surface area (Å²) in [5.41, 5.74) is 2.41. The number of likely N-dealkylation sites (tertiary alicyclic amines) is 1. The van der Waals surface area contributed by atoms with Gasteiger partial charge in [-0.3, -0.25) is 9.69 Å². The Balaban J connectivity index is 2.09. The summed E-state index contributed by atoms with van der Waals surface area (Å²) in [6.07, 6.45) is 1.97. The van der Waals surface area contributed by atoms with E-state index in [1.54, 1.807) is 0 Å². The molecule has 4 heteroatoms. The highest BCUT2D eigenvalue weighted by atomic mass is 16.3. The smallest absolute Gasteiger partial charge is 0.238 e. The van der Waals surface area contributed by atoms with E-state index in [1.807, 2.05) is 32.9 Å². The largest absolute Gasteiger partial charge is 0.389 e. The number of carbonyl (C=O) groups is 1. The van der Waals surface area contributed by atoms with Gasteiger partial charge in [-0.15, -0.1) is 0 Å². The van der Waals surface area contributed by atoms with Gasteiger partial charge in [0, 0.05) is 11.7 Å². The van der Waals surface area contributed by atoms with Gasteiger partial charge in [0.1, 0.15) is 0 Å². The second-order valence-corrected chi connectivity index (χ2v) is 7.52. The van der Waals surface area contributed by atoms with Crippen molar-refractivity contribution in [2.75, 3.05) is 18.4 Å². The Morgan fingerprint density at radius 1 is 1.43 bits per heavy atom. The lowest BCUT2D eigenvalue weighted by molar-refractivity contribution is -0.118. The number of anilines is 1. The lowest BCUT2D eigenvalue weighted by Gasteiger charge is -2.33. The molecule has 0 radical (unpaired) electrons. The summed E-state index contributed by atoms with van der Waals surface area (Å²) < 4.78 is 0. The molecule has 1 fully saturated rings. The predicted molar refractivity (Wildman–Crippen MR) is 94.8 cm³/mol. The lowest BCUT2D eigenvalue weighted by atomic mass is 9.96. The number of amides is 1. The van der Waals surface area contributed by atoms with Crippen molar-refractivity contribution in [1.82, 2.24) is 4.90 Å². The molecule has 1 amide bonds. The molecule has 1 heterocycles. The van der Waals surface area contributed by atoms with Gasteiger partial charge in [0.2, 0.25) is 5.91 Å². The summed E-state index contributed by atoms with van der Waals surface area (Å²) >= 11 is 0. The van der Waals surface area contributed by atoms with Crippen LogP contribution in [0.4, 0.5) is 5.69 Å². The Hall–Kier alpha value is -1.39. The number of para-hydroxylation sites is 1. The zero-order valence-corrected chi connectivity index (χ0v) is 15.0. The molecule has 1 aromatic rings. The molecule has 2 rings (SSSR count). The Morgan fingerprint density at radius 3 is 2.74 bits per heavy atom. The van der Waals surface area contributed by atoms with Crippen molar-refractivity contribution in [2.24, 2.45) is 0 Å². The summed E-state index contributed by atoms with van der Waals surface area (Å²) in [4.78, 5) is 14.6. The number of carbonyl (C=O) groups excluding carboxylic acids is 1. The first kappa shape index (κ1) is 18.0. The monoisotopic (exact) mass is 318 g/mol. The Kier molecular flexibility index (Phi) is 5.48. The third-order valence-corrected chi connectivity index (χ3v) is 4.72. The van der Waals surface area contributed by atoms with E-state index < -0.39 is 5.60 Å². The van der Waals surface area contributed by atoms with Crippen molar-refractivity contribution in [2.45, 2.75) is 65.0 Å². The molecule has 128 valence electrons. The molecular formula is C19H30N2O2.